The fourth-order valence-corrected chi connectivity index (χ4v) is 2.23. The number of alkyl halides is 3. The maximum absolute atomic E-state index is 12.9. The van der Waals surface area contributed by atoms with Crippen LogP contribution in [-0.4, -0.2) is 23.5 Å². The third-order valence-electron chi connectivity index (χ3n) is 2.39. The fraction of sp³-hybridized carbons (Fsp3) is 0.250. The molecule has 0 amide bonds. The molecule has 0 aliphatic heterocycles. The first-order valence-electron chi connectivity index (χ1n) is 5.68. The van der Waals surface area contributed by atoms with Gasteiger partial charge in [0.2, 0.25) is 11.5 Å². The van der Waals surface area contributed by atoms with Gasteiger partial charge in [-0.25, -0.2) is 4.79 Å². The molecule has 112 valence electrons. The predicted molar refractivity (Wildman–Crippen MR) is 65.2 cm³/mol. The van der Waals surface area contributed by atoms with Crippen LogP contribution in [0.2, 0.25) is 0 Å². The summed E-state index contributed by atoms with van der Waals surface area (Å²) in [6, 6.07) is 2.85. The van der Waals surface area contributed by atoms with Crippen LogP contribution in [0.4, 0.5) is 13.2 Å². The van der Waals surface area contributed by atoms with E-state index in [4.69, 9.17) is 0 Å². The molecule has 0 radical (unpaired) electrons. The van der Waals surface area contributed by atoms with Crippen molar-refractivity contribution in [3.8, 4) is 0 Å². The number of rotatable bonds is 4. The van der Waals surface area contributed by atoms with E-state index in [9.17, 15) is 22.8 Å². The molecule has 0 unspecified atom stereocenters. The van der Waals surface area contributed by atoms with E-state index in [1.54, 1.807) is 0 Å². The SMILES string of the molecule is CCOC(=O)c1noc(C(F)(F)F)c1C(=O)c1cccs1. The minimum absolute atomic E-state index is 0.0363. The summed E-state index contributed by atoms with van der Waals surface area (Å²) >= 11 is 0.944. The molecule has 0 atom stereocenters. The first-order chi connectivity index (χ1) is 9.86. The van der Waals surface area contributed by atoms with Crippen molar-refractivity contribution in [3.63, 3.8) is 0 Å². The van der Waals surface area contributed by atoms with Crippen LogP contribution in [0, 0.1) is 0 Å². The van der Waals surface area contributed by atoms with Gasteiger partial charge in [0.1, 0.15) is 5.56 Å². The number of nitrogens with zero attached hydrogens (tertiary/aromatic N) is 1. The van der Waals surface area contributed by atoms with E-state index in [-0.39, 0.29) is 11.5 Å². The molecule has 0 bridgehead atoms. The molecule has 0 saturated heterocycles. The van der Waals surface area contributed by atoms with Crippen LogP contribution in [0.3, 0.4) is 0 Å². The minimum Gasteiger partial charge on any atom is -0.461 e. The number of carbonyl (C=O) groups excluding carboxylic acids is 2. The van der Waals surface area contributed by atoms with Crippen LogP contribution in [0.15, 0.2) is 22.0 Å². The number of aromatic nitrogens is 1. The van der Waals surface area contributed by atoms with E-state index in [0.29, 0.717) is 0 Å². The summed E-state index contributed by atoms with van der Waals surface area (Å²) in [7, 11) is 0. The Morgan fingerprint density at radius 2 is 2.14 bits per heavy atom. The van der Waals surface area contributed by atoms with Crippen molar-refractivity contribution >= 4 is 23.1 Å². The highest BCUT2D eigenvalue weighted by Gasteiger charge is 2.44. The molecule has 21 heavy (non-hydrogen) atoms. The topological polar surface area (TPSA) is 69.4 Å². The molecule has 9 heteroatoms. The molecular formula is C12H8F3NO4S. The molecular weight excluding hydrogens is 311 g/mol. The highest BCUT2D eigenvalue weighted by molar-refractivity contribution is 7.12. The predicted octanol–water partition coefficient (Wildman–Crippen LogP) is 3.16. The quantitative estimate of drug-likeness (QED) is 0.639. The Balaban J connectivity index is 2.56. The average Bonchev–Trinajstić information content (AvgIpc) is 3.06. The Morgan fingerprint density at radius 1 is 1.43 bits per heavy atom. The summed E-state index contributed by atoms with van der Waals surface area (Å²) in [5.74, 6) is -3.73. The van der Waals surface area contributed by atoms with Gasteiger partial charge < -0.3 is 9.26 Å². The largest absolute Gasteiger partial charge is 0.461 e. The Bertz CT molecular complexity index is 661. The van der Waals surface area contributed by atoms with Gasteiger partial charge in [-0.1, -0.05) is 11.2 Å². The number of thiophene rings is 1. The van der Waals surface area contributed by atoms with E-state index >= 15 is 0 Å². The summed E-state index contributed by atoms with van der Waals surface area (Å²) in [6.07, 6.45) is -4.94. The number of esters is 1. The number of ketones is 1. The van der Waals surface area contributed by atoms with Crippen molar-refractivity contribution in [2.24, 2.45) is 0 Å². The average molecular weight is 319 g/mol. The van der Waals surface area contributed by atoms with Gasteiger partial charge in [-0.3, -0.25) is 4.79 Å². The Hall–Kier alpha value is -2.16. The van der Waals surface area contributed by atoms with Crippen LogP contribution >= 0.6 is 11.3 Å². The smallest absolute Gasteiger partial charge is 0.453 e. The van der Waals surface area contributed by atoms with Gasteiger partial charge in [-0.05, 0) is 18.4 Å². The van der Waals surface area contributed by atoms with Crippen molar-refractivity contribution in [2.75, 3.05) is 6.61 Å². The van der Waals surface area contributed by atoms with Crippen LogP contribution in [0.25, 0.3) is 0 Å². The Kier molecular flexibility index (Phi) is 4.12. The zero-order chi connectivity index (χ0) is 15.6. The molecule has 0 aromatic carbocycles. The maximum atomic E-state index is 12.9. The van der Waals surface area contributed by atoms with Crippen molar-refractivity contribution in [2.45, 2.75) is 13.1 Å². The molecule has 2 aromatic heterocycles. The standard InChI is InChI=1S/C12H8F3NO4S/c1-2-19-11(18)8-7(9(17)6-4-3-5-21-6)10(20-16-8)12(13,14)15/h3-5H,2H2,1H3. The highest BCUT2D eigenvalue weighted by Crippen LogP contribution is 2.35. The summed E-state index contributed by atoms with van der Waals surface area (Å²) < 4.78 is 47.4. The van der Waals surface area contributed by atoms with Gasteiger partial charge >= 0.3 is 12.1 Å². The third kappa shape index (κ3) is 2.97. The number of hydrogen-bond donors (Lipinski definition) is 0. The molecule has 2 heterocycles. The fourth-order valence-electron chi connectivity index (χ4n) is 1.56. The van der Waals surface area contributed by atoms with Gasteiger partial charge in [0.15, 0.2) is 0 Å². The zero-order valence-electron chi connectivity index (χ0n) is 10.6. The Labute approximate surface area is 120 Å². The van der Waals surface area contributed by atoms with Gasteiger partial charge in [-0.2, -0.15) is 13.2 Å². The van der Waals surface area contributed by atoms with E-state index in [1.165, 1.54) is 24.4 Å². The molecule has 0 saturated carbocycles. The first-order valence-corrected chi connectivity index (χ1v) is 6.56. The minimum atomic E-state index is -4.94. The first kappa shape index (κ1) is 15.2. The van der Waals surface area contributed by atoms with Gasteiger partial charge in [0.25, 0.3) is 5.76 Å². The lowest BCUT2D eigenvalue weighted by molar-refractivity contribution is -0.155. The second-order valence-corrected chi connectivity index (χ2v) is 4.71. The maximum Gasteiger partial charge on any atom is 0.453 e. The summed E-state index contributed by atoms with van der Waals surface area (Å²) in [5, 5.41) is 4.57. The second kappa shape index (κ2) is 5.68. The number of hydrogen-bond acceptors (Lipinski definition) is 6. The normalized spacial score (nSPS) is 11.4. The summed E-state index contributed by atoms with van der Waals surface area (Å²) in [4.78, 5) is 23.8. The third-order valence-corrected chi connectivity index (χ3v) is 3.26. The highest BCUT2D eigenvalue weighted by atomic mass is 32.1. The van der Waals surface area contributed by atoms with Crippen LogP contribution in [-0.2, 0) is 10.9 Å². The van der Waals surface area contributed by atoms with Crippen LogP contribution in [0.1, 0.15) is 38.4 Å². The molecule has 0 aliphatic rings. The number of ether oxygens (including phenoxy) is 1. The van der Waals surface area contributed by atoms with Crippen molar-refractivity contribution in [1.29, 1.82) is 0 Å². The molecule has 2 rings (SSSR count). The van der Waals surface area contributed by atoms with Gasteiger partial charge in [0.05, 0.1) is 11.5 Å². The van der Waals surface area contributed by atoms with Crippen molar-refractivity contribution < 1.29 is 32.0 Å². The van der Waals surface area contributed by atoms with Gasteiger partial charge in [-0.15, -0.1) is 11.3 Å². The molecule has 0 N–H and O–H groups in total. The lowest BCUT2D eigenvalue weighted by Gasteiger charge is -2.04. The van der Waals surface area contributed by atoms with Crippen LogP contribution < -0.4 is 0 Å². The van der Waals surface area contributed by atoms with E-state index in [1.807, 2.05) is 0 Å². The van der Waals surface area contributed by atoms with Crippen molar-refractivity contribution in [3.05, 3.63) is 39.4 Å². The van der Waals surface area contributed by atoms with Crippen LogP contribution in [0.5, 0.6) is 0 Å². The van der Waals surface area contributed by atoms with E-state index in [0.717, 1.165) is 11.3 Å². The Morgan fingerprint density at radius 3 is 2.67 bits per heavy atom. The molecule has 0 fully saturated rings. The second-order valence-electron chi connectivity index (χ2n) is 3.76. The lowest BCUT2D eigenvalue weighted by Crippen LogP contribution is -2.16. The van der Waals surface area contributed by atoms with Crippen molar-refractivity contribution in [1.82, 2.24) is 5.16 Å². The monoisotopic (exact) mass is 319 g/mol. The van der Waals surface area contributed by atoms with Gasteiger partial charge in [0, 0.05) is 0 Å². The summed E-state index contributed by atoms with van der Waals surface area (Å²) in [6.45, 7) is 1.41. The molecule has 5 nitrogen and oxygen atoms in total. The summed E-state index contributed by atoms with van der Waals surface area (Å²) in [5.41, 5.74) is -1.70. The van der Waals surface area contributed by atoms with E-state index < -0.39 is 34.9 Å². The molecule has 0 spiro atoms. The zero-order valence-corrected chi connectivity index (χ0v) is 11.4. The number of halogens is 3. The molecule has 2 aromatic rings. The van der Waals surface area contributed by atoms with E-state index in [2.05, 4.69) is 14.4 Å². The molecule has 0 aliphatic carbocycles. The number of carbonyl (C=O) groups is 2. The lowest BCUT2D eigenvalue weighted by atomic mass is 10.1.